The number of carbonyl (C=O) groups excluding carboxylic acids is 2. The molecular weight excluding hydrogens is 389 g/mol. The number of alkyl halides is 3. The van der Waals surface area contributed by atoms with Crippen molar-refractivity contribution in [1.29, 1.82) is 0 Å². The molecule has 0 radical (unpaired) electrons. The Labute approximate surface area is 166 Å². The molecule has 5 rings (SSSR count). The van der Waals surface area contributed by atoms with Gasteiger partial charge in [-0.05, 0) is 41.4 Å². The summed E-state index contributed by atoms with van der Waals surface area (Å²) in [5, 5.41) is 11.7. The van der Waals surface area contributed by atoms with Gasteiger partial charge in [-0.15, -0.1) is 0 Å². The van der Waals surface area contributed by atoms with Crippen LogP contribution in [-0.4, -0.2) is 52.6 Å². The predicted molar refractivity (Wildman–Crippen MR) is 95.3 cm³/mol. The normalized spacial score (nSPS) is 38.3. The van der Waals surface area contributed by atoms with Crippen LogP contribution in [-0.2, 0) is 14.4 Å². The van der Waals surface area contributed by atoms with Crippen molar-refractivity contribution in [3.05, 3.63) is 12.2 Å². The molecule has 4 aliphatic carbocycles. The number of hydrogen-bond acceptors (Lipinski definition) is 3. The molecule has 0 aromatic heterocycles. The van der Waals surface area contributed by atoms with E-state index in [9.17, 15) is 32.7 Å². The topological polar surface area (TPSA) is 86.7 Å². The monoisotopic (exact) mass is 414 g/mol. The van der Waals surface area contributed by atoms with E-state index < -0.39 is 41.5 Å². The van der Waals surface area contributed by atoms with Crippen molar-refractivity contribution in [2.45, 2.75) is 45.5 Å². The highest BCUT2D eigenvalue weighted by Crippen LogP contribution is 2.66. The van der Waals surface area contributed by atoms with Crippen molar-refractivity contribution in [2.75, 3.05) is 6.54 Å². The van der Waals surface area contributed by atoms with Crippen LogP contribution in [0.2, 0.25) is 0 Å². The zero-order valence-electron chi connectivity index (χ0n) is 16.4. The fourth-order valence-electron chi connectivity index (χ4n) is 5.87. The molecule has 0 spiro atoms. The van der Waals surface area contributed by atoms with E-state index in [4.69, 9.17) is 0 Å². The number of halogens is 3. The number of nitrogens with zero attached hydrogens (tertiary/aromatic N) is 1. The Balaban J connectivity index is 1.63. The highest BCUT2D eigenvalue weighted by molar-refractivity contribution is 5.93. The van der Waals surface area contributed by atoms with Gasteiger partial charge < -0.3 is 15.3 Å². The number of likely N-dealkylation sites (tertiary alicyclic amines) is 1. The smallest absolute Gasteiger partial charge is 0.471 e. The molecule has 0 aromatic rings. The molecule has 2 amide bonds. The average Bonchev–Trinajstić information content (AvgIpc) is 3.30. The molecule has 9 heteroatoms. The van der Waals surface area contributed by atoms with Crippen molar-refractivity contribution in [3.63, 3.8) is 0 Å². The van der Waals surface area contributed by atoms with Gasteiger partial charge in [-0.3, -0.25) is 9.59 Å². The summed E-state index contributed by atoms with van der Waals surface area (Å²) in [7, 11) is 0. The van der Waals surface area contributed by atoms with Crippen LogP contribution in [0.25, 0.3) is 0 Å². The van der Waals surface area contributed by atoms with Crippen LogP contribution in [0.1, 0.15) is 27.2 Å². The first-order valence-corrected chi connectivity index (χ1v) is 9.91. The molecular formula is C20H25F3N2O4. The Hall–Kier alpha value is -2.06. The minimum absolute atomic E-state index is 0.00210. The standard InChI is InChI=1S/C20H25F3N2O4/c1-19(2,3)15(24-18(29)20(21,22)23)16(26)25-7-12-8-4-5-9(11-6-10(8)11)13(12)14(25)17(27)28/h4-5,8-15H,6-7H2,1-3H3,(H,24,29)(H,27,28)/t8-,9+,10+,11-,12-,13+,14?,15-/m1/s1. The summed E-state index contributed by atoms with van der Waals surface area (Å²) in [6, 6.07) is -2.56. The molecule has 2 N–H and O–H groups in total. The molecule has 1 aliphatic heterocycles. The minimum Gasteiger partial charge on any atom is -0.480 e. The number of aliphatic carboxylic acids is 1. The summed E-state index contributed by atoms with van der Waals surface area (Å²) in [5.41, 5.74) is -1.02. The molecule has 5 aliphatic rings. The van der Waals surface area contributed by atoms with Gasteiger partial charge in [0.25, 0.3) is 0 Å². The molecule has 1 unspecified atom stereocenters. The summed E-state index contributed by atoms with van der Waals surface area (Å²) >= 11 is 0. The SMILES string of the molecule is CC(C)(C)[C@H](NC(=O)C(F)(F)F)C(=O)N1C[C@@H]2[C@@H]3C=C[C@@H]([C@H]4C[C@@H]34)[C@@H]2C1C(=O)O. The van der Waals surface area contributed by atoms with E-state index in [0.29, 0.717) is 11.8 Å². The van der Waals surface area contributed by atoms with E-state index in [0.717, 1.165) is 6.42 Å². The Bertz CT molecular complexity index is 788. The maximum absolute atomic E-state index is 13.3. The third-order valence-electron chi connectivity index (χ3n) is 7.16. The molecule has 8 atom stereocenters. The largest absolute Gasteiger partial charge is 0.480 e. The van der Waals surface area contributed by atoms with Crippen LogP contribution in [0.5, 0.6) is 0 Å². The second kappa shape index (κ2) is 6.22. The summed E-state index contributed by atoms with van der Waals surface area (Å²) in [6.07, 6.45) is 0.136. The molecule has 160 valence electrons. The number of nitrogens with one attached hydrogen (secondary N) is 1. The number of rotatable bonds is 3. The van der Waals surface area contributed by atoms with E-state index in [1.807, 2.05) is 0 Å². The number of carboxylic acids is 1. The van der Waals surface area contributed by atoms with Gasteiger partial charge in [-0.1, -0.05) is 32.9 Å². The van der Waals surface area contributed by atoms with Crippen molar-refractivity contribution < 1.29 is 32.7 Å². The first kappa shape index (κ1) is 20.2. The number of hydrogen-bond donors (Lipinski definition) is 2. The molecule has 1 heterocycles. The van der Waals surface area contributed by atoms with E-state index >= 15 is 0 Å². The summed E-state index contributed by atoms with van der Waals surface area (Å²) < 4.78 is 38.4. The quantitative estimate of drug-likeness (QED) is 0.693. The molecule has 3 fully saturated rings. The Morgan fingerprint density at radius 2 is 1.66 bits per heavy atom. The van der Waals surface area contributed by atoms with Gasteiger partial charge in [0.05, 0.1) is 0 Å². The van der Waals surface area contributed by atoms with Gasteiger partial charge in [0.1, 0.15) is 12.1 Å². The van der Waals surface area contributed by atoms with Crippen LogP contribution >= 0.6 is 0 Å². The molecule has 0 aromatic carbocycles. The zero-order chi connectivity index (χ0) is 21.5. The second-order valence-corrected chi connectivity index (χ2v) is 9.89. The van der Waals surface area contributed by atoms with E-state index in [-0.39, 0.29) is 30.2 Å². The number of allylic oxidation sites excluding steroid dienone is 2. The van der Waals surface area contributed by atoms with Crippen LogP contribution in [0.4, 0.5) is 13.2 Å². The van der Waals surface area contributed by atoms with Crippen LogP contribution < -0.4 is 5.32 Å². The van der Waals surface area contributed by atoms with Crippen molar-refractivity contribution in [1.82, 2.24) is 10.2 Å². The summed E-state index contributed by atoms with van der Waals surface area (Å²) in [5.74, 6) is -3.04. The van der Waals surface area contributed by atoms with Crippen molar-refractivity contribution in [3.8, 4) is 0 Å². The molecule has 6 nitrogen and oxygen atoms in total. The lowest BCUT2D eigenvalue weighted by molar-refractivity contribution is -0.176. The van der Waals surface area contributed by atoms with Crippen molar-refractivity contribution in [2.24, 2.45) is 40.9 Å². The Morgan fingerprint density at radius 3 is 2.21 bits per heavy atom. The van der Waals surface area contributed by atoms with Gasteiger partial charge in [0.15, 0.2) is 0 Å². The highest BCUT2D eigenvalue weighted by Gasteiger charge is 2.66. The van der Waals surface area contributed by atoms with E-state index in [1.165, 1.54) is 4.90 Å². The highest BCUT2D eigenvalue weighted by atomic mass is 19.4. The van der Waals surface area contributed by atoms with Gasteiger partial charge in [0.2, 0.25) is 5.91 Å². The average molecular weight is 414 g/mol. The van der Waals surface area contributed by atoms with Crippen LogP contribution in [0, 0.1) is 40.9 Å². The third kappa shape index (κ3) is 3.13. The lowest BCUT2D eigenvalue weighted by Crippen LogP contribution is -2.59. The van der Waals surface area contributed by atoms with Gasteiger partial charge in [-0.2, -0.15) is 13.2 Å². The van der Waals surface area contributed by atoms with Gasteiger partial charge >= 0.3 is 18.1 Å². The maximum atomic E-state index is 13.3. The third-order valence-corrected chi connectivity index (χ3v) is 7.16. The molecule has 29 heavy (non-hydrogen) atoms. The number of carbonyl (C=O) groups is 3. The van der Waals surface area contributed by atoms with E-state index in [1.54, 1.807) is 26.1 Å². The Morgan fingerprint density at radius 1 is 1.07 bits per heavy atom. The van der Waals surface area contributed by atoms with Crippen LogP contribution in [0.15, 0.2) is 12.2 Å². The minimum atomic E-state index is -5.13. The van der Waals surface area contributed by atoms with E-state index in [2.05, 4.69) is 12.2 Å². The molecule has 1 saturated heterocycles. The van der Waals surface area contributed by atoms with Gasteiger partial charge in [-0.25, -0.2) is 4.79 Å². The fraction of sp³-hybridized carbons (Fsp3) is 0.750. The van der Waals surface area contributed by atoms with Crippen molar-refractivity contribution >= 4 is 17.8 Å². The van der Waals surface area contributed by atoms with Gasteiger partial charge in [0, 0.05) is 12.5 Å². The lowest BCUT2D eigenvalue weighted by Gasteiger charge is -2.41. The number of amides is 2. The Kier molecular flexibility index (Phi) is 4.34. The number of carboxylic acid groups (broad SMARTS) is 1. The lowest BCUT2D eigenvalue weighted by atomic mass is 9.62. The second-order valence-electron chi connectivity index (χ2n) is 9.89. The molecule has 2 bridgehead atoms. The molecule has 2 saturated carbocycles. The summed E-state index contributed by atoms with van der Waals surface area (Å²) in [4.78, 5) is 38.2. The maximum Gasteiger partial charge on any atom is 0.471 e. The zero-order valence-corrected chi connectivity index (χ0v) is 16.4. The first-order valence-electron chi connectivity index (χ1n) is 9.91. The first-order chi connectivity index (χ1) is 13.3. The van der Waals surface area contributed by atoms with Crippen LogP contribution in [0.3, 0.4) is 0 Å². The summed E-state index contributed by atoms with van der Waals surface area (Å²) in [6.45, 7) is 4.84. The predicted octanol–water partition coefficient (Wildman–Crippen LogP) is 2.06. The fourth-order valence-corrected chi connectivity index (χ4v) is 5.87.